The van der Waals surface area contributed by atoms with Crippen molar-refractivity contribution in [2.24, 2.45) is 0 Å². The Morgan fingerprint density at radius 2 is 2.00 bits per heavy atom. The molecule has 0 saturated carbocycles. The lowest BCUT2D eigenvalue weighted by molar-refractivity contribution is 0.0704. The number of ether oxygens (including phenoxy) is 2. The molecule has 2 aliphatic rings. The molecule has 6 nitrogen and oxygen atoms in total. The smallest absolute Gasteiger partial charge is 0.322 e. The SMILES string of the molecule is COc1ccc(Cl)cc1NC(=O)N1C2CCC1CC(Oc1ccccn1)C2. The Labute approximate surface area is 163 Å². The molecule has 2 bridgehead atoms. The summed E-state index contributed by atoms with van der Waals surface area (Å²) in [6.07, 6.45) is 5.42. The largest absolute Gasteiger partial charge is 0.495 e. The van der Waals surface area contributed by atoms with Crippen molar-refractivity contribution in [2.45, 2.75) is 43.9 Å². The van der Waals surface area contributed by atoms with E-state index in [9.17, 15) is 4.79 Å². The van der Waals surface area contributed by atoms with Gasteiger partial charge in [0.1, 0.15) is 11.9 Å². The molecule has 2 unspecified atom stereocenters. The fraction of sp³-hybridized carbons (Fsp3) is 0.400. The molecule has 2 atom stereocenters. The van der Waals surface area contributed by atoms with E-state index in [2.05, 4.69) is 10.3 Å². The Morgan fingerprint density at radius 3 is 2.67 bits per heavy atom. The van der Waals surface area contributed by atoms with Crippen molar-refractivity contribution in [3.63, 3.8) is 0 Å². The topological polar surface area (TPSA) is 63.7 Å². The van der Waals surface area contributed by atoms with Crippen molar-refractivity contribution >= 4 is 23.3 Å². The lowest BCUT2D eigenvalue weighted by Crippen LogP contribution is -2.50. The van der Waals surface area contributed by atoms with Gasteiger partial charge >= 0.3 is 6.03 Å². The number of nitrogens with zero attached hydrogens (tertiary/aromatic N) is 2. The van der Waals surface area contributed by atoms with Gasteiger partial charge in [-0.2, -0.15) is 0 Å². The van der Waals surface area contributed by atoms with Gasteiger partial charge in [0.2, 0.25) is 5.88 Å². The van der Waals surface area contributed by atoms with Crippen LogP contribution in [-0.4, -0.2) is 41.2 Å². The summed E-state index contributed by atoms with van der Waals surface area (Å²) in [7, 11) is 1.57. The summed E-state index contributed by atoms with van der Waals surface area (Å²) in [6.45, 7) is 0. The van der Waals surface area contributed by atoms with Crippen molar-refractivity contribution in [3.8, 4) is 11.6 Å². The van der Waals surface area contributed by atoms with Gasteiger partial charge in [0.15, 0.2) is 0 Å². The van der Waals surface area contributed by atoms with Crippen LogP contribution >= 0.6 is 11.6 Å². The summed E-state index contributed by atoms with van der Waals surface area (Å²) < 4.78 is 11.4. The predicted molar refractivity (Wildman–Crippen MR) is 104 cm³/mol. The van der Waals surface area contributed by atoms with Crippen molar-refractivity contribution in [2.75, 3.05) is 12.4 Å². The highest BCUT2D eigenvalue weighted by Gasteiger charge is 2.44. The van der Waals surface area contributed by atoms with E-state index >= 15 is 0 Å². The number of benzene rings is 1. The van der Waals surface area contributed by atoms with Crippen LogP contribution < -0.4 is 14.8 Å². The maximum absolute atomic E-state index is 12.9. The zero-order valence-corrected chi connectivity index (χ0v) is 15.9. The summed E-state index contributed by atoms with van der Waals surface area (Å²) in [5.41, 5.74) is 0.584. The minimum Gasteiger partial charge on any atom is -0.495 e. The summed E-state index contributed by atoms with van der Waals surface area (Å²) in [4.78, 5) is 19.1. The first-order valence-corrected chi connectivity index (χ1v) is 9.52. The van der Waals surface area contributed by atoms with Crippen LogP contribution in [0.15, 0.2) is 42.6 Å². The number of carbonyl (C=O) groups is 1. The molecule has 0 spiro atoms. The van der Waals surface area contributed by atoms with Gasteiger partial charge in [0.05, 0.1) is 12.8 Å². The Bertz CT molecular complexity index is 803. The second kappa shape index (κ2) is 7.64. The number of piperidine rings is 1. The molecule has 27 heavy (non-hydrogen) atoms. The number of carbonyl (C=O) groups excluding carboxylic acids is 1. The first-order valence-electron chi connectivity index (χ1n) is 9.14. The third kappa shape index (κ3) is 3.81. The Hall–Kier alpha value is -2.47. The molecule has 0 radical (unpaired) electrons. The standard InChI is InChI=1S/C20H22ClN3O3/c1-26-18-8-5-13(21)10-17(18)23-20(25)24-14-6-7-15(24)12-16(11-14)27-19-4-2-3-9-22-19/h2-5,8-10,14-16H,6-7,11-12H2,1H3,(H,23,25). The Kier molecular flexibility index (Phi) is 5.07. The van der Waals surface area contributed by atoms with Gasteiger partial charge < -0.3 is 19.7 Å². The molecule has 2 amide bonds. The average Bonchev–Trinajstić information content (AvgIpc) is 2.94. The van der Waals surface area contributed by atoms with Crippen LogP contribution in [0, 0.1) is 0 Å². The van der Waals surface area contributed by atoms with Gasteiger partial charge in [0, 0.05) is 42.2 Å². The lowest BCUT2D eigenvalue weighted by atomic mass is 10.00. The number of amides is 2. The van der Waals surface area contributed by atoms with Gasteiger partial charge in [-0.1, -0.05) is 17.7 Å². The zero-order valence-electron chi connectivity index (χ0n) is 15.1. The summed E-state index contributed by atoms with van der Waals surface area (Å²) in [5.74, 6) is 1.23. The highest BCUT2D eigenvalue weighted by Crippen LogP contribution is 2.38. The van der Waals surface area contributed by atoms with Crippen LogP contribution in [0.25, 0.3) is 0 Å². The molecule has 3 heterocycles. The highest BCUT2D eigenvalue weighted by molar-refractivity contribution is 6.31. The van der Waals surface area contributed by atoms with Gasteiger partial charge in [-0.15, -0.1) is 0 Å². The van der Waals surface area contributed by atoms with E-state index in [4.69, 9.17) is 21.1 Å². The third-order valence-corrected chi connectivity index (χ3v) is 5.49. The molecule has 2 fully saturated rings. The monoisotopic (exact) mass is 387 g/mol. The number of hydrogen-bond donors (Lipinski definition) is 1. The molecule has 2 aromatic rings. The fourth-order valence-corrected chi connectivity index (χ4v) is 4.27. The van der Waals surface area contributed by atoms with E-state index in [1.165, 1.54) is 0 Å². The van der Waals surface area contributed by atoms with Gasteiger partial charge in [-0.25, -0.2) is 9.78 Å². The van der Waals surface area contributed by atoms with Gasteiger partial charge in [-0.05, 0) is 37.1 Å². The minimum absolute atomic E-state index is 0.0853. The van der Waals surface area contributed by atoms with E-state index in [-0.39, 0.29) is 24.2 Å². The summed E-state index contributed by atoms with van der Waals surface area (Å²) in [5, 5.41) is 3.51. The number of rotatable bonds is 4. The van der Waals surface area contributed by atoms with Crippen molar-refractivity contribution in [1.82, 2.24) is 9.88 Å². The Morgan fingerprint density at radius 1 is 1.22 bits per heavy atom. The van der Waals surface area contributed by atoms with E-state index in [0.717, 1.165) is 25.7 Å². The summed E-state index contributed by atoms with van der Waals surface area (Å²) in [6, 6.07) is 11.1. The molecule has 7 heteroatoms. The molecule has 0 aliphatic carbocycles. The number of pyridine rings is 1. The van der Waals surface area contributed by atoms with Crippen LogP contribution in [0.3, 0.4) is 0 Å². The maximum Gasteiger partial charge on any atom is 0.322 e. The highest BCUT2D eigenvalue weighted by atomic mass is 35.5. The third-order valence-electron chi connectivity index (χ3n) is 5.25. The predicted octanol–water partition coefficient (Wildman–Crippen LogP) is 4.35. The molecule has 4 rings (SSSR count). The number of halogens is 1. The number of urea groups is 1. The van der Waals surface area contributed by atoms with Crippen LogP contribution in [-0.2, 0) is 0 Å². The number of anilines is 1. The fourth-order valence-electron chi connectivity index (χ4n) is 4.10. The number of fused-ring (bicyclic) bond motifs is 2. The second-order valence-corrected chi connectivity index (χ2v) is 7.38. The molecule has 2 saturated heterocycles. The van der Waals surface area contributed by atoms with E-state index < -0.39 is 0 Å². The number of hydrogen-bond acceptors (Lipinski definition) is 4. The number of methoxy groups -OCH3 is 1. The zero-order chi connectivity index (χ0) is 18.8. The minimum atomic E-state index is -0.112. The molecular formula is C20H22ClN3O3. The van der Waals surface area contributed by atoms with Crippen molar-refractivity contribution in [3.05, 3.63) is 47.6 Å². The molecular weight excluding hydrogens is 366 g/mol. The molecule has 142 valence electrons. The van der Waals surface area contributed by atoms with Crippen molar-refractivity contribution in [1.29, 1.82) is 0 Å². The van der Waals surface area contributed by atoms with Crippen LogP contribution in [0.5, 0.6) is 11.6 Å². The molecule has 2 aliphatic heterocycles. The maximum atomic E-state index is 12.9. The van der Waals surface area contributed by atoms with E-state index in [1.807, 2.05) is 23.1 Å². The molecule has 1 aromatic carbocycles. The number of nitrogens with one attached hydrogen (secondary N) is 1. The van der Waals surface area contributed by atoms with Crippen molar-refractivity contribution < 1.29 is 14.3 Å². The first kappa shape index (κ1) is 17.9. The van der Waals surface area contributed by atoms with E-state index in [0.29, 0.717) is 22.3 Å². The molecule has 1 aromatic heterocycles. The molecule has 1 N–H and O–H groups in total. The Balaban J connectivity index is 1.43. The quantitative estimate of drug-likeness (QED) is 0.847. The van der Waals surface area contributed by atoms with Crippen LogP contribution in [0.2, 0.25) is 5.02 Å². The lowest BCUT2D eigenvalue weighted by Gasteiger charge is -2.38. The van der Waals surface area contributed by atoms with Gasteiger partial charge in [-0.3, -0.25) is 0 Å². The first-order chi connectivity index (χ1) is 13.1. The normalized spacial score (nSPS) is 23.8. The number of aromatic nitrogens is 1. The van der Waals surface area contributed by atoms with Crippen LogP contribution in [0.1, 0.15) is 25.7 Å². The summed E-state index contributed by atoms with van der Waals surface area (Å²) >= 11 is 6.07. The average molecular weight is 388 g/mol. The van der Waals surface area contributed by atoms with Crippen LogP contribution in [0.4, 0.5) is 10.5 Å². The van der Waals surface area contributed by atoms with E-state index in [1.54, 1.807) is 31.5 Å². The second-order valence-electron chi connectivity index (χ2n) is 6.95. The van der Waals surface area contributed by atoms with Gasteiger partial charge in [0.25, 0.3) is 0 Å².